The van der Waals surface area contributed by atoms with Crippen molar-refractivity contribution in [2.24, 2.45) is 10.2 Å². The maximum absolute atomic E-state index is 13.0. The van der Waals surface area contributed by atoms with E-state index in [-0.39, 0.29) is 11.7 Å². The van der Waals surface area contributed by atoms with Crippen LogP contribution in [-0.2, 0) is 11.4 Å². The molecule has 134 valence electrons. The average molecular weight is 355 g/mol. The molecule has 2 aromatic carbocycles. The zero-order valence-corrected chi connectivity index (χ0v) is 14.2. The van der Waals surface area contributed by atoms with Gasteiger partial charge in [-0.3, -0.25) is 4.57 Å². The largest absolute Gasteiger partial charge is 0.493 e. The molecule has 1 saturated heterocycles. The summed E-state index contributed by atoms with van der Waals surface area (Å²) in [7, 11) is 0. The number of nitrogens with one attached hydrogen (secondary N) is 1. The van der Waals surface area contributed by atoms with Crippen LogP contribution < -0.4 is 4.90 Å². The van der Waals surface area contributed by atoms with Crippen LogP contribution in [0, 0.1) is 5.82 Å². The molecule has 2 N–H and O–H groups in total. The molecule has 0 aliphatic carbocycles. The zero-order chi connectivity index (χ0) is 17.9. The standard InChI is InChI=1S/C19H19FN4O2/c20-14-5-7-15(8-6-14)21-22-18-16-3-1-2-4-17(16)24(19(18)25)13-23-9-11-26-12-10-23/h1-8,25H,9-13H2/p+1. The van der Waals surface area contributed by atoms with Gasteiger partial charge in [-0.2, -0.15) is 5.11 Å². The predicted molar refractivity (Wildman–Crippen MR) is 95.7 cm³/mol. The van der Waals surface area contributed by atoms with Crippen LogP contribution in [0.15, 0.2) is 58.8 Å². The smallest absolute Gasteiger partial charge is 0.225 e. The van der Waals surface area contributed by atoms with E-state index in [9.17, 15) is 9.50 Å². The Morgan fingerprint density at radius 1 is 1.04 bits per heavy atom. The summed E-state index contributed by atoms with van der Waals surface area (Å²) in [6, 6.07) is 13.5. The van der Waals surface area contributed by atoms with Crippen LogP contribution in [0.4, 0.5) is 15.8 Å². The van der Waals surface area contributed by atoms with Gasteiger partial charge in [0.15, 0.2) is 12.4 Å². The van der Waals surface area contributed by atoms with E-state index in [0.717, 1.165) is 37.2 Å². The molecule has 4 rings (SSSR count). The molecule has 1 aromatic heterocycles. The van der Waals surface area contributed by atoms with Crippen LogP contribution in [0.3, 0.4) is 0 Å². The zero-order valence-electron chi connectivity index (χ0n) is 14.2. The van der Waals surface area contributed by atoms with Crippen molar-refractivity contribution in [3.05, 3.63) is 54.3 Å². The van der Waals surface area contributed by atoms with E-state index in [4.69, 9.17) is 4.74 Å². The first-order valence-electron chi connectivity index (χ1n) is 8.61. The number of hydrogen-bond donors (Lipinski definition) is 2. The molecule has 3 aromatic rings. The van der Waals surface area contributed by atoms with Crippen molar-refractivity contribution in [3.63, 3.8) is 0 Å². The fraction of sp³-hybridized carbons (Fsp3) is 0.263. The van der Waals surface area contributed by atoms with E-state index in [1.54, 1.807) is 12.1 Å². The van der Waals surface area contributed by atoms with Crippen LogP contribution in [0.5, 0.6) is 5.88 Å². The average Bonchev–Trinajstić information content (AvgIpc) is 2.94. The third-order valence-electron chi connectivity index (χ3n) is 4.59. The molecule has 1 aliphatic rings. The molecule has 2 heterocycles. The van der Waals surface area contributed by atoms with Gasteiger partial charge in [0.05, 0.1) is 24.4 Å². The quantitative estimate of drug-likeness (QED) is 0.707. The summed E-state index contributed by atoms with van der Waals surface area (Å²) in [4.78, 5) is 1.34. The molecule has 0 saturated carbocycles. The Kier molecular flexibility index (Phi) is 4.64. The number of quaternary nitrogens is 1. The number of para-hydroxylation sites is 1. The molecule has 26 heavy (non-hydrogen) atoms. The van der Waals surface area contributed by atoms with Crippen LogP contribution in [0.25, 0.3) is 10.9 Å². The summed E-state index contributed by atoms with van der Waals surface area (Å²) in [5.41, 5.74) is 1.87. The van der Waals surface area contributed by atoms with Crippen molar-refractivity contribution >= 4 is 22.3 Å². The first-order chi connectivity index (χ1) is 12.7. The first kappa shape index (κ1) is 16.7. The Morgan fingerprint density at radius 3 is 2.54 bits per heavy atom. The Hall–Kier alpha value is -2.77. The lowest BCUT2D eigenvalue weighted by atomic mass is 10.2. The number of rotatable bonds is 4. The molecule has 0 atom stereocenters. The van der Waals surface area contributed by atoms with Crippen LogP contribution in [0.1, 0.15) is 0 Å². The van der Waals surface area contributed by atoms with Crippen molar-refractivity contribution in [3.8, 4) is 5.88 Å². The fourth-order valence-corrected chi connectivity index (χ4v) is 3.19. The molecule has 0 spiro atoms. The molecule has 1 fully saturated rings. The predicted octanol–water partition coefficient (Wildman–Crippen LogP) is 2.77. The summed E-state index contributed by atoms with van der Waals surface area (Å²) in [5, 5.41) is 20.0. The number of azo groups is 1. The van der Waals surface area contributed by atoms with E-state index < -0.39 is 0 Å². The van der Waals surface area contributed by atoms with Gasteiger partial charge in [-0.25, -0.2) is 4.39 Å². The van der Waals surface area contributed by atoms with Crippen molar-refractivity contribution < 1.29 is 19.1 Å². The lowest BCUT2D eigenvalue weighted by Crippen LogP contribution is -3.13. The second-order valence-corrected chi connectivity index (χ2v) is 6.31. The summed E-state index contributed by atoms with van der Waals surface area (Å²) in [6.45, 7) is 3.90. The lowest BCUT2D eigenvalue weighted by molar-refractivity contribution is -0.930. The second kappa shape index (κ2) is 7.23. The molecular formula is C19H20FN4O2+. The molecule has 1 aliphatic heterocycles. The second-order valence-electron chi connectivity index (χ2n) is 6.31. The van der Waals surface area contributed by atoms with Gasteiger partial charge in [-0.15, -0.1) is 5.11 Å². The van der Waals surface area contributed by atoms with Crippen LogP contribution in [-0.4, -0.2) is 36.0 Å². The topological polar surface area (TPSA) is 63.5 Å². The van der Waals surface area contributed by atoms with Crippen molar-refractivity contribution in [2.75, 3.05) is 26.3 Å². The van der Waals surface area contributed by atoms with Crippen molar-refractivity contribution in [1.29, 1.82) is 0 Å². The van der Waals surface area contributed by atoms with Gasteiger partial charge in [-0.1, -0.05) is 18.2 Å². The van der Waals surface area contributed by atoms with Crippen molar-refractivity contribution in [2.45, 2.75) is 6.67 Å². The van der Waals surface area contributed by atoms with Gasteiger partial charge < -0.3 is 14.7 Å². The fourth-order valence-electron chi connectivity index (χ4n) is 3.19. The minimum atomic E-state index is -0.322. The lowest BCUT2D eigenvalue weighted by Gasteiger charge is -2.24. The normalized spacial score (nSPS) is 15.9. The third-order valence-corrected chi connectivity index (χ3v) is 4.59. The van der Waals surface area contributed by atoms with Gasteiger partial charge in [0.2, 0.25) is 5.88 Å². The Morgan fingerprint density at radius 2 is 1.77 bits per heavy atom. The van der Waals surface area contributed by atoms with Crippen molar-refractivity contribution in [1.82, 2.24) is 4.57 Å². The monoisotopic (exact) mass is 355 g/mol. The number of benzene rings is 2. The minimum Gasteiger partial charge on any atom is -0.493 e. The molecule has 0 radical (unpaired) electrons. The van der Waals surface area contributed by atoms with E-state index in [1.807, 2.05) is 28.8 Å². The van der Waals surface area contributed by atoms with Gasteiger partial charge in [0.1, 0.15) is 18.9 Å². The van der Waals surface area contributed by atoms with E-state index in [1.165, 1.54) is 17.0 Å². The molecule has 6 nitrogen and oxygen atoms in total. The molecular weight excluding hydrogens is 335 g/mol. The number of hydrogen-bond acceptors (Lipinski definition) is 4. The number of fused-ring (bicyclic) bond motifs is 1. The molecule has 0 unspecified atom stereocenters. The maximum Gasteiger partial charge on any atom is 0.225 e. The minimum absolute atomic E-state index is 0.0936. The highest BCUT2D eigenvalue weighted by Crippen LogP contribution is 2.38. The number of aromatic nitrogens is 1. The highest BCUT2D eigenvalue weighted by Gasteiger charge is 2.21. The SMILES string of the molecule is Oc1c(N=Nc2ccc(F)cc2)c2ccccc2n1C[NH+]1CCOCC1. The van der Waals surface area contributed by atoms with Crippen LogP contribution in [0.2, 0.25) is 0 Å². The summed E-state index contributed by atoms with van der Waals surface area (Å²) in [6.07, 6.45) is 0. The Labute approximate surface area is 150 Å². The highest BCUT2D eigenvalue weighted by atomic mass is 19.1. The van der Waals surface area contributed by atoms with Gasteiger partial charge in [0.25, 0.3) is 0 Å². The van der Waals surface area contributed by atoms with E-state index in [2.05, 4.69) is 10.2 Å². The molecule has 0 amide bonds. The van der Waals surface area contributed by atoms with Gasteiger partial charge in [0, 0.05) is 5.39 Å². The third kappa shape index (κ3) is 3.31. The summed E-state index contributed by atoms with van der Waals surface area (Å²) in [5.74, 6) is -0.229. The number of nitrogens with zero attached hydrogens (tertiary/aromatic N) is 3. The number of halogens is 1. The number of ether oxygens (including phenoxy) is 1. The Bertz CT molecular complexity index is 931. The Balaban J connectivity index is 1.70. The highest BCUT2D eigenvalue weighted by molar-refractivity contribution is 5.94. The summed E-state index contributed by atoms with van der Waals surface area (Å²) < 4.78 is 20.3. The number of aromatic hydroxyl groups is 1. The van der Waals surface area contributed by atoms with E-state index >= 15 is 0 Å². The first-order valence-corrected chi connectivity index (χ1v) is 8.61. The van der Waals surface area contributed by atoms with Gasteiger partial charge >= 0.3 is 0 Å². The van der Waals surface area contributed by atoms with Gasteiger partial charge in [-0.05, 0) is 30.3 Å². The molecule has 0 bridgehead atoms. The molecule has 7 heteroatoms. The maximum atomic E-state index is 13.0. The summed E-state index contributed by atoms with van der Waals surface area (Å²) >= 11 is 0. The number of morpholine rings is 1. The van der Waals surface area contributed by atoms with E-state index in [0.29, 0.717) is 18.0 Å². The van der Waals surface area contributed by atoms with Crippen LogP contribution >= 0.6 is 0 Å².